The molecule has 0 aliphatic carbocycles. The van der Waals surface area contributed by atoms with Crippen LogP contribution in [0.2, 0.25) is 0 Å². The molecule has 3 rings (SSSR count). The van der Waals surface area contributed by atoms with E-state index in [9.17, 15) is 9.18 Å². The number of halogens is 4. The van der Waals surface area contributed by atoms with Crippen molar-refractivity contribution < 1.29 is 27.5 Å². The molecule has 3 aromatic carbocycles. The molecule has 0 saturated heterocycles. The molecule has 2 N–H and O–H groups in total. The van der Waals surface area contributed by atoms with E-state index in [4.69, 9.17) is 5.11 Å². The number of alkyl halides is 2. The monoisotopic (exact) mass is 486 g/mol. The molecular formula is C27H26F4N2O2. The van der Waals surface area contributed by atoms with E-state index < -0.39 is 47.1 Å². The van der Waals surface area contributed by atoms with Gasteiger partial charge in [0.05, 0.1) is 11.4 Å². The van der Waals surface area contributed by atoms with Gasteiger partial charge in [-0.2, -0.15) is 0 Å². The molecule has 8 heteroatoms. The molecule has 0 radical (unpaired) electrons. The van der Waals surface area contributed by atoms with E-state index >= 15 is 13.2 Å². The fourth-order valence-electron chi connectivity index (χ4n) is 3.84. The van der Waals surface area contributed by atoms with Gasteiger partial charge in [-0.05, 0) is 13.0 Å². The van der Waals surface area contributed by atoms with Crippen LogP contribution in [-0.4, -0.2) is 29.3 Å². The number of aliphatic imine (C=N–C) groups is 1. The van der Waals surface area contributed by atoms with Gasteiger partial charge < -0.3 is 10.4 Å². The first-order chi connectivity index (χ1) is 16.5. The van der Waals surface area contributed by atoms with E-state index in [1.165, 1.54) is 13.8 Å². The number of aliphatic hydroxyl groups excluding tert-OH is 1. The second kappa shape index (κ2) is 10.4. The van der Waals surface area contributed by atoms with E-state index in [0.717, 1.165) is 13.0 Å². The summed E-state index contributed by atoms with van der Waals surface area (Å²) in [5.41, 5.74) is -2.02. The first-order valence-electron chi connectivity index (χ1n) is 11.0. The van der Waals surface area contributed by atoms with Crippen molar-refractivity contribution in [3.8, 4) is 0 Å². The number of benzene rings is 3. The van der Waals surface area contributed by atoms with Crippen LogP contribution >= 0.6 is 0 Å². The molecule has 0 spiro atoms. The highest BCUT2D eigenvalue weighted by atomic mass is 19.3. The summed E-state index contributed by atoms with van der Waals surface area (Å²) in [6, 6.07) is 19.0. The lowest BCUT2D eigenvalue weighted by Gasteiger charge is -2.41. The molecule has 4 nitrogen and oxygen atoms in total. The Labute approximate surface area is 201 Å². The van der Waals surface area contributed by atoms with E-state index in [-0.39, 0.29) is 5.69 Å². The Morgan fingerprint density at radius 3 is 1.91 bits per heavy atom. The number of hydrogen-bond donors (Lipinski definition) is 2. The third kappa shape index (κ3) is 5.27. The van der Waals surface area contributed by atoms with Gasteiger partial charge in [-0.3, -0.25) is 4.79 Å². The summed E-state index contributed by atoms with van der Waals surface area (Å²) in [6.45, 7) is 2.29. The largest absolute Gasteiger partial charge is 0.387 e. The summed E-state index contributed by atoms with van der Waals surface area (Å²) in [4.78, 5) is 16.4. The van der Waals surface area contributed by atoms with Gasteiger partial charge in [0, 0.05) is 28.7 Å². The number of nitrogens with one attached hydrogen (secondary N) is 1. The molecule has 0 aromatic heterocycles. The standard InChI is InChI=1S/C27H26F4N2O2/c1-17(2)27(30,31)26(3,33-24(35)16-34)20-14-23(22(29)15-21(20)28)32-25(18-10-6-4-7-11-18)19-12-8-5-9-13-19/h4-15,17,34H,16H2,1-3H3,(H,33,35). The van der Waals surface area contributed by atoms with E-state index in [1.807, 2.05) is 5.32 Å². The number of hydrogen-bond acceptors (Lipinski definition) is 3. The summed E-state index contributed by atoms with van der Waals surface area (Å²) < 4.78 is 60.7. The lowest BCUT2D eigenvalue weighted by atomic mass is 9.79. The van der Waals surface area contributed by atoms with Crippen LogP contribution in [0.3, 0.4) is 0 Å². The van der Waals surface area contributed by atoms with Crippen LogP contribution in [0.15, 0.2) is 77.8 Å². The molecule has 0 saturated carbocycles. The summed E-state index contributed by atoms with van der Waals surface area (Å²) in [7, 11) is 0. The third-order valence-electron chi connectivity index (χ3n) is 5.83. The summed E-state index contributed by atoms with van der Waals surface area (Å²) in [5, 5.41) is 11.2. The SMILES string of the molecule is CC(C)C(F)(F)C(C)(NC(=O)CO)c1cc(N=C(c2ccccc2)c2ccccc2)c(F)cc1F. The van der Waals surface area contributed by atoms with Crippen molar-refractivity contribution >= 4 is 17.3 Å². The number of nitrogens with zero attached hydrogens (tertiary/aromatic N) is 1. The van der Waals surface area contributed by atoms with Crippen LogP contribution < -0.4 is 5.32 Å². The van der Waals surface area contributed by atoms with Gasteiger partial charge in [0.15, 0.2) is 5.82 Å². The summed E-state index contributed by atoms with van der Waals surface area (Å²) in [5.74, 6) is -8.45. The predicted molar refractivity (Wildman–Crippen MR) is 127 cm³/mol. The van der Waals surface area contributed by atoms with Crippen LogP contribution in [0.4, 0.5) is 23.2 Å². The fraction of sp³-hybridized carbons (Fsp3) is 0.259. The molecule has 1 atom stereocenters. The van der Waals surface area contributed by atoms with E-state index in [1.54, 1.807) is 60.7 Å². The molecule has 0 aliphatic rings. The maximum atomic E-state index is 15.4. The third-order valence-corrected chi connectivity index (χ3v) is 5.83. The Balaban J connectivity index is 2.27. The highest BCUT2D eigenvalue weighted by Crippen LogP contribution is 2.44. The molecule has 0 aliphatic heterocycles. The number of aliphatic hydroxyl groups is 1. The lowest BCUT2D eigenvalue weighted by Crippen LogP contribution is -2.59. The second-order valence-electron chi connectivity index (χ2n) is 8.58. The zero-order chi connectivity index (χ0) is 25.8. The normalized spacial score (nSPS) is 13.3. The van der Waals surface area contributed by atoms with Gasteiger partial charge in [-0.1, -0.05) is 74.5 Å². The topological polar surface area (TPSA) is 61.7 Å². The molecule has 1 amide bonds. The van der Waals surface area contributed by atoms with Gasteiger partial charge in [0.1, 0.15) is 18.0 Å². The number of rotatable bonds is 8. The van der Waals surface area contributed by atoms with Crippen molar-refractivity contribution in [1.29, 1.82) is 0 Å². The maximum Gasteiger partial charge on any atom is 0.276 e. The Hall–Kier alpha value is -3.52. The molecule has 0 heterocycles. The van der Waals surface area contributed by atoms with Crippen LogP contribution in [-0.2, 0) is 10.3 Å². The average Bonchev–Trinajstić information content (AvgIpc) is 2.84. The second-order valence-corrected chi connectivity index (χ2v) is 8.58. The van der Waals surface area contributed by atoms with E-state index in [0.29, 0.717) is 22.9 Å². The van der Waals surface area contributed by atoms with Crippen LogP contribution in [0.1, 0.15) is 37.5 Å². The molecule has 184 valence electrons. The van der Waals surface area contributed by atoms with Crippen LogP contribution in [0.5, 0.6) is 0 Å². The zero-order valence-corrected chi connectivity index (χ0v) is 19.5. The summed E-state index contributed by atoms with van der Waals surface area (Å²) in [6.07, 6.45) is 0. The zero-order valence-electron chi connectivity index (χ0n) is 19.5. The van der Waals surface area contributed by atoms with Crippen LogP contribution in [0.25, 0.3) is 0 Å². The van der Waals surface area contributed by atoms with Gasteiger partial charge >= 0.3 is 0 Å². The van der Waals surface area contributed by atoms with Gasteiger partial charge in [0.25, 0.3) is 5.92 Å². The van der Waals surface area contributed by atoms with Crippen molar-refractivity contribution in [1.82, 2.24) is 5.32 Å². The van der Waals surface area contributed by atoms with Crippen molar-refractivity contribution in [2.75, 3.05) is 6.61 Å². The van der Waals surface area contributed by atoms with Crippen molar-refractivity contribution in [2.24, 2.45) is 10.9 Å². The molecular weight excluding hydrogens is 460 g/mol. The van der Waals surface area contributed by atoms with Crippen LogP contribution in [0, 0.1) is 17.6 Å². The Kier molecular flexibility index (Phi) is 7.75. The Morgan fingerprint density at radius 2 is 1.46 bits per heavy atom. The minimum absolute atomic E-state index is 0.347. The lowest BCUT2D eigenvalue weighted by molar-refractivity contribution is -0.146. The van der Waals surface area contributed by atoms with E-state index in [2.05, 4.69) is 4.99 Å². The Morgan fingerprint density at radius 1 is 0.943 bits per heavy atom. The quantitative estimate of drug-likeness (QED) is 0.315. The highest BCUT2D eigenvalue weighted by Gasteiger charge is 2.55. The number of carbonyl (C=O) groups is 1. The summed E-state index contributed by atoms with van der Waals surface area (Å²) >= 11 is 0. The molecule has 0 bridgehead atoms. The first kappa shape index (κ1) is 26.1. The van der Waals surface area contributed by atoms with Gasteiger partial charge in [-0.15, -0.1) is 0 Å². The first-order valence-corrected chi connectivity index (χ1v) is 11.0. The van der Waals surface area contributed by atoms with Crippen molar-refractivity contribution in [3.05, 3.63) is 101 Å². The number of carbonyl (C=O) groups excluding carboxylic acids is 1. The fourth-order valence-corrected chi connectivity index (χ4v) is 3.84. The minimum Gasteiger partial charge on any atom is -0.387 e. The maximum absolute atomic E-state index is 15.4. The average molecular weight is 487 g/mol. The van der Waals surface area contributed by atoms with Crippen molar-refractivity contribution in [2.45, 2.75) is 32.2 Å². The highest BCUT2D eigenvalue weighted by molar-refractivity contribution is 6.13. The van der Waals surface area contributed by atoms with Gasteiger partial charge in [0.2, 0.25) is 5.91 Å². The minimum atomic E-state index is -3.67. The predicted octanol–water partition coefficient (Wildman–Crippen LogP) is 5.75. The smallest absolute Gasteiger partial charge is 0.276 e. The molecule has 0 fully saturated rings. The van der Waals surface area contributed by atoms with Gasteiger partial charge in [-0.25, -0.2) is 22.6 Å². The molecule has 3 aromatic rings. The Bertz CT molecular complexity index is 1170. The molecule has 35 heavy (non-hydrogen) atoms. The molecule has 1 unspecified atom stereocenters. The van der Waals surface area contributed by atoms with Crippen molar-refractivity contribution in [3.63, 3.8) is 0 Å². The number of amides is 1.